The number of allylic oxidation sites excluding steroid dienone is 4. The molecule has 4 atom stereocenters. The molecule has 6 aromatic rings. The summed E-state index contributed by atoms with van der Waals surface area (Å²) in [6, 6.07) is 36.7. The summed E-state index contributed by atoms with van der Waals surface area (Å²) in [6.45, 7) is 7.92. The van der Waals surface area contributed by atoms with Gasteiger partial charge in [-0.1, -0.05) is 135 Å². The van der Waals surface area contributed by atoms with Gasteiger partial charge in [-0.15, -0.1) is 0 Å². The third kappa shape index (κ3) is 17.0. The number of carboxylic acids is 1. The van der Waals surface area contributed by atoms with Crippen LogP contribution in [0.3, 0.4) is 0 Å². The number of amides is 6. The Kier molecular flexibility index (Phi) is 21.0. The normalized spacial score (nSPS) is 15.7. The number of aliphatic hydroxyl groups excluding tert-OH is 1. The van der Waals surface area contributed by atoms with Crippen LogP contribution in [-0.2, 0) is 27.4 Å². The molecule has 2 aliphatic rings. The molecule has 0 aliphatic heterocycles. The SMILES string of the molecule is CC1CCCC=C1c1ccc(N(Cc2ccc(C(=O)NC[C@@H](OC(=O)[C@H](O)CNC(=O)c3ccc(CN(C(=O)Nc4cc(Cl)cc(Cl)c4)c4ccc(C5=CCC(C(C)(C)C)CC5)cc4)cc3)C(=O)O)cc2)C(=O)Nc2cc(Cl)cc(Cl)c2)cc1. The molecule has 0 heterocycles. The standard InChI is InChI=1S/C65H66Cl4N6O9/c1-39-7-5-6-8-56(39)44-21-27-55(28-22-44)75(64(83)73-53-33-50(68)30-51(69)34-53)38-41-11-15-46(16-12-41)60(78)71-36-58(61(79)80)84-62(81)57(76)35-70-59(77)45-13-9-40(10-14-45)37-74(63(82)72-52-31-48(66)29-49(67)32-52)54-25-19-43(20-26-54)42-17-23-47(24-18-42)65(2,3)4/h8-17,19-22,25-34,39,47,57-58,76H,5-7,18,23-24,35-38H2,1-4H3,(H,70,77)(H,71,78)(H,72,82)(H,73,83)(H,79,80)/t39?,47?,57-,58-/m1/s1. The molecule has 0 spiro atoms. The molecule has 0 radical (unpaired) electrons. The molecule has 19 heteroatoms. The van der Waals surface area contributed by atoms with Crippen LogP contribution in [0.5, 0.6) is 0 Å². The van der Waals surface area contributed by atoms with Gasteiger partial charge in [0.25, 0.3) is 11.8 Å². The Morgan fingerprint density at radius 1 is 0.619 bits per heavy atom. The van der Waals surface area contributed by atoms with Crippen LogP contribution in [0.1, 0.15) is 109 Å². The maximum absolute atomic E-state index is 14.0. The van der Waals surface area contributed by atoms with Gasteiger partial charge in [0.15, 0.2) is 6.10 Å². The number of urea groups is 2. The van der Waals surface area contributed by atoms with Gasteiger partial charge < -0.3 is 36.2 Å². The zero-order valence-corrected chi connectivity index (χ0v) is 49.9. The molecule has 0 saturated carbocycles. The van der Waals surface area contributed by atoms with Crippen molar-refractivity contribution < 1.29 is 43.7 Å². The zero-order valence-electron chi connectivity index (χ0n) is 46.9. The van der Waals surface area contributed by atoms with Crippen molar-refractivity contribution in [2.45, 2.75) is 91.5 Å². The smallest absolute Gasteiger partial charge is 0.346 e. The molecule has 2 unspecified atom stereocenters. The minimum atomic E-state index is -1.97. The average Bonchev–Trinajstić information content (AvgIpc) is 3.66. The first-order valence-electron chi connectivity index (χ1n) is 27.6. The Morgan fingerprint density at radius 3 is 1.51 bits per heavy atom. The van der Waals surface area contributed by atoms with Crippen molar-refractivity contribution in [3.8, 4) is 0 Å². The number of aliphatic hydroxyl groups is 1. The second kappa shape index (κ2) is 28.3. The molecule has 0 saturated heterocycles. The van der Waals surface area contributed by atoms with Crippen LogP contribution in [-0.4, -0.2) is 71.3 Å². The van der Waals surface area contributed by atoms with Crippen LogP contribution in [0, 0.1) is 17.3 Å². The van der Waals surface area contributed by atoms with E-state index in [4.69, 9.17) is 51.1 Å². The number of ether oxygens (including phenoxy) is 1. The van der Waals surface area contributed by atoms with E-state index in [9.17, 15) is 39.0 Å². The Balaban J connectivity index is 0.846. The number of anilines is 4. The van der Waals surface area contributed by atoms with Crippen LogP contribution in [0.15, 0.2) is 146 Å². The van der Waals surface area contributed by atoms with E-state index in [1.165, 1.54) is 40.3 Å². The topological polar surface area (TPSA) is 207 Å². The van der Waals surface area contributed by atoms with Gasteiger partial charge in [0.05, 0.1) is 26.2 Å². The molecule has 15 nitrogen and oxygen atoms in total. The highest BCUT2D eigenvalue weighted by Crippen LogP contribution is 2.40. The van der Waals surface area contributed by atoms with E-state index in [2.05, 4.69) is 61.1 Å². The van der Waals surface area contributed by atoms with Gasteiger partial charge in [-0.3, -0.25) is 19.4 Å². The summed E-state index contributed by atoms with van der Waals surface area (Å²) >= 11 is 24.9. The van der Waals surface area contributed by atoms with Crippen molar-refractivity contribution >= 4 is 116 Å². The van der Waals surface area contributed by atoms with Gasteiger partial charge in [-0.2, -0.15) is 0 Å². The van der Waals surface area contributed by atoms with Crippen molar-refractivity contribution in [2.24, 2.45) is 17.3 Å². The van der Waals surface area contributed by atoms with E-state index in [-0.39, 0.29) is 29.6 Å². The number of hydrogen-bond acceptors (Lipinski definition) is 8. The molecular formula is C65H66Cl4N6O9. The lowest BCUT2D eigenvalue weighted by Crippen LogP contribution is -2.44. The third-order valence-electron chi connectivity index (χ3n) is 15.0. The van der Waals surface area contributed by atoms with Gasteiger partial charge in [-0.05, 0) is 174 Å². The minimum absolute atomic E-state index is 0.0874. The Bertz CT molecular complexity index is 3400. The summed E-state index contributed by atoms with van der Waals surface area (Å²) in [4.78, 5) is 82.6. The van der Waals surface area contributed by atoms with E-state index in [1.54, 1.807) is 65.6 Å². The Hall–Kier alpha value is -7.66. The highest BCUT2D eigenvalue weighted by molar-refractivity contribution is 6.35. The Morgan fingerprint density at radius 2 is 1.08 bits per heavy atom. The number of carbonyl (C=O) groups excluding carboxylic acids is 5. The first kappa shape index (κ1) is 62.4. The van der Waals surface area contributed by atoms with Gasteiger partial charge >= 0.3 is 24.0 Å². The largest absolute Gasteiger partial charge is 0.478 e. The van der Waals surface area contributed by atoms with Crippen molar-refractivity contribution in [2.75, 3.05) is 33.5 Å². The zero-order chi connectivity index (χ0) is 60.2. The number of hydrogen-bond donors (Lipinski definition) is 6. The first-order chi connectivity index (χ1) is 40.1. The van der Waals surface area contributed by atoms with Crippen molar-refractivity contribution in [1.29, 1.82) is 0 Å². The maximum atomic E-state index is 14.0. The molecule has 6 N–H and O–H groups in total. The summed E-state index contributed by atoms with van der Waals surface area (Å²) < 4.78 is 5.07. The number of halogens is 4. The van der Waals surface area contributed by atoms with Gasteiger partial charge in [0, 0.05) is 54.0 Å². The predicted molar refractivity (Wildman–Crippen MR) is 333 cm³/mol. The quantitative estimate of drug-likeness (QED) is 0.0426. The van der Waals surface area contributed by atoms with Gasteiger partial charge in [0.2, 0.25) is 6.10 Å². The van der Waals surface area contributed by atoms with Crippen LogP contribution in [0.25, 0.3) is 11.1 Å². The molecule has 6 aromatic carbocycles. The summed E-state index contributed by atoms with van der Waals surface area (Å²) in [5.74, 6) is -3.28. The number of nitrogens with one attached hydrogen (secondary N) is 4. The second-order valence-corrected chi connectivity index (χ2v) is 23.8. The number of carboxylic acid groups (broad SMARTS) is 1. The monoisotopic (exact) mass is 1210 g/mol. The minimum Gasteiger partial charge on any atom is -0.478 e. The molecule has 0 aromatic heterocycles. The highest BCUT2D eigenvalue weighted by atomic mass is 35.5. The van der Waals surface area contributed by atoms with E-state index in [1.807, 2.05) is 48.5 Å². The summed E-state index contributed by atoms with van der Waals surface area (Å²) in [5.41, 5.74) is 8.55. The molecule has 438 valence electrons. The van der Waals surface area contributed by atoms with Crippen molar-refractivity contribution in [3.05, 3.63) is 199 Å². The average molecular weight is 1220 g/mol. The van der Waals surface area contributed by atoms with Gasteiger partial charge in [0.1, 0.15) is 0 Å². The van der Waals surface area contributed by atoms with E-state index in [0.717, 1.165) is 49.7 Å². The number of carbonyl (C=O) groups is 6. The second-order valence-electron chi connectivity index (χ2n) is 22.1. The third-order valence-corrected chi connectivity index (χ3v) is 15.8. The molecule has 0 fully saturated rings. The number of benzene rings is 6. The first-order valence-corrected chi connectivity index (χ1v) is 29.1. The predicted octanol–water partition coefficient (Wildman–Crippen LogP) is 14.7. The van der Waals surface area contributed by atoms with Crippen LogP contribution < -0.4 is 31.1 Å². The van der Waals surface area contributed by atoms with E-state index >= 15 is 0 Å². The fourth-order valence-electron chi connectivity index (χ4n) is 10.2. The van der Waals surface area contributed by atoms with Crippen molar-refractivity contribution in [1.82, 2.24) is 10.6 Å². The fourth-order valence-corrected chi connectivity index (χ4v) is 11.2. The number of aliphatic carboxylic acids is 1. The van der Waals surface area contributed by atoms with E-state index in [0.29, 0.717) is 65.8 Å². The van der Waals surface area contributed by atoms with Gasteiger partial charge in [-0.25, -0.2) is 19.2 Å². The maximum Gasteiger partial charge on any atom is 0.346 e. The number of esters is 1. The summed E-state index contributed by atoms with van der Waals surface area (Å²) in [5, 5.41) is 32.6. The lowest BCUT2D eigenvalue weighted by Gasteiger charge is -2.33. The lowest BCUT2D eigenvalue weighted by molar-refractivity contribution is -0.169. The molecular weight excluding hydrogens is 1150 g/mol. The molecule has 8 rings (SSSR count). The van der Waals surface area contributed by atoms with Crippen LogP contribution in [0.2, 0.25) is 20.1 Å². The lowest BCUT2D eigenvalue weighted by atomic mass is 9.72. The molecule has 2 aliphatic carbocycles. The fraction of sp³-hybridized carbons (Fsp3) is 0.292. The molecule has 84 heavy (non-hydrogen) atoms. The summed E-state index contributed by atoms with van der Waals surface area (Å²) in [7, 11) is 0. The number of nitrogens with zero attached hydrogens (tertiary/aromatic N) is 2. The summed E-state index contributed by atoms with van der Waals surface area (Å²) in [6.07, 6.45) is 7.02. The number of rotatable bonds is 19. The highest BCUT2D eigenvalue weighted by Gasteiger charge is 2.30. The van der Waals surface area contributed by atoms with E-state index < -0.39 is 61.1 Å². The van der Waals surface area contributed by atoms with Crippen molar-refractivity contribution in [3.63, 3.8) is 0 Å². The van der Waals surface area contributed by atoms with Crippen LogP contribution >= 0.6 is 46.4 Å². The Labute approximate surface area is 509 Å². The molecule has 0 bridgehead atoms. The van der Waals surface area contributed by atoms with Crippen LogP contribution in [0.4, 0.5) is 32.3 Å². The molecule has 6 amide bonds.